The Labute approximate surface area is 115 Å². The van der Waals surface area contributed by atoms with E-state index < -0.39 is 0 Å². The fourth-order valence-corrected chi connectivity index (χ4v) is 2.51. The fraction of sp³-hybridized carbons (Fsp3) is 0.214. The molecular weight excluding hydrogens is 262 g/mol. The minimum atomic E-state index is -0.0591. The number of thiophene rings is 1. The Morgan fingerprint density at radius 2 is 2.05 bits per heavy atom. The summed E-state index contributed by atoms with van der Waals surface area (Å²) in [6, 6.07) is 7.52. The van der Waals surface area contributed by atoms with Crippen LogP contribution in [0, 0.1) is 0 Å². The maximum Gasteiger partial charge on any atom is 0.252 e. The summed E-state index contributed by atoms with van der Waals surface area (Å²) in [7, 11) is 0. The lowest BCUT2D eigenvalue weighted by atomic mass is 10.2. The Bertz CT molecular complexity index is 580. The van der Waals surface area contributed by atoms with Gasteiger partial charge >= 0.3 is 0 Å². The van der Waals surface area contributed by atoms with E-state index in [-0.39, 0.29) is 5.91 Å². The molecule has 1 aromatic heterocycles. The number of carbonyl (C=O) groups is 1. The smallest absolute Gasteiger partial charge is 0.252 e. The van der Waals surface area contributed by atoms with E-state index in [2.05, 4.69) is 5.32 Å². The number of hydrogen-bond donors (Lipinski definition) is 1. The maximum atomic E-state index is 11.8. The highest BCUT2D eigenvalue weighted by molar-refractivity contribution is 7.08. The summed E-state index contributed by atoms with van der Waals surface area (Å²) in [5.41, 5.74) is 1.69. The Kier molecular flexibility index (Phi) is 3.37. The van der Waals surface area contributed by atoms with E-state index in [1.54, 1.807) is 0 Å². The first kappa shape index (κ1) is 12.0. The van der Waals surface area contributed by atoms with Crippen LogP contribution in [0.1, 0.15) is 15.9 Å². The minimum absolute atomic E-state index is 0.0591. The third kappa shape index (κ3) is 2.71. The number of carbonyl (C=O) groups excluding carboxylic acids is 1. The molecule has 0 radical (unpaired) electrons. The molecule has 1 aliphatic rings. The van der Waals surface area contributed by atoms with Crippen molar-refractivity contribution in [3.8, 4) is 11.5 Å². The van der Waals surface area contributed by atoms with Gasteiger partial charge in [-0.15, -0.1) is 0 Å². The van der Waals surface area contributed by atoms with Gasteiger partial charge in [-0.25, -0.2) is 0 Å². The van der Waals surface area contributed by atoms with Crippen molar-refractivity contribution in [3.63, 3.8) is 0 Å². The predicted molar refractivity (Wildman–Crippen MR) is 72.9 cm³/mol. The molecule has 1 aromatic carbocycles. The quantitative estimate of drug-likeness (QED) is 0.936. The van der Waals surface area contributed by atoms with Gasteiger partial charge in [0, 0.05) is 17.5 Å². The molecule has 1 aliphatic heterocycles. The van der Waals surface area contributed by atoms with Crippen molar-refractivity contribution in [1.82, 2.24) is 5.32 Å². The number of amides is 1. The number of nitrogens with one attached hydrogen (secondary N) is 1. The summed E-state index contributed by atoms with van der Waals surface area (Å²) in [6.07, 6.45) is 0. The molecule has 0 bridgehead atoms. The van der Waals surface area contributed by atoms with E-state index in [0.29, 0.717) is 25.3 Å². The molecule has 19 heavy (non-hydrogen) atoms. The molecule has 0 spiro atoms. The standard InChI is InChI=1S/C14H13NO3S/c16-14(11-3-6-19-9-11)15-8-10-1-2-12-13(7-10)18-5-4-17-12/h1-3,6-7,9H,4-5,8H2,(H,15,16). The molecule has 2 heterocycles. The van der Waals surface area contributed by atoms with Crippen molar-refractivity contribution in [3.05, 3.63) is 46.2 Å². The molecule has 0 fully saturated rings. The van der Waals surface area contributed by atoms with E-state index in [1.807, 2.05) is 35.0 Å². The monoisotopic (exact) mass is 275 g/mol. The summed E-state index contributed by atoms with van der Waals surface area (Å²) < 4.78 is 11.0. The summed E-state index contributed by atoms with van der Waals surface area (Å²) in [4.78, 5) is 11.8. The SMILES string of the molecule is O=C(NCc1ccc2c(c1)OCCO2)c1ccsc1. The van der Waals surface area contributed by atoms with Crippen LogP contribution in [-0.4, -0.2) is 19.1 Å². The molecule has 0 unspecified atom stereocenters. The highest BCUT2D eigenvalue weighted by atomic mass is 32.1. The van der Waals surface area contributed by atoms with E-state index >= 15 is 0 Å². The van der Waals surface area contributed by atoms with Crippen molar-refractivity contribution in [1.29, 1.82) is 0 Å². The van der Waals surface area contributed by atoms with Gasteiger partial charge in [-0.05, 0) is 29.1 Å². The van der Waals surface area contributed by atoms with E-state index in [9.17, 15) is 4.79 Å². The summed E-state index contributed by atoms with van der Waals surface area (Å²) in [5, 5.41) is 6.60. The number of benzene rings is 1. The van der Waals surface area contributed by atoms with Crippen molar-refractivity contribution < 1.29 is 14.3 Å². The third-order valence-electron chi connectivity index (χ3n) is 2.84. The maximum absolute atomic E-state index is 11.8. The summed E-state index contributed by atoms with van der Waals surface area (Å²) >= 11 is 1.51. The number of ether oxygens (including phenoxy) is 2. The Balaban J connectivity index is 1.65. The molecule has 98 valence electrons. The lowest BCUT2D eigenvalue weighted by Gasteiger charge is -2.18. The van der Waals surface area contributed by atoms with E-state index in [4.69, 9.17) is 9.47 Å². The van der Waals surface area contributed by atoms with Crippen LogP contribution in [0.25, 0.3) is 0 Å². The van der Waals surface area contributed by atoms with Gasteiger partial charge in [-0.2, -0.15) is 11.3 Å². The normalized spacial score (nSPS) is 13.1. The zero-order chi connectivity index (χ0) is 13.1. The van der Waals surface area contributed by atoms with Gasteiger partial charge in [-0.1, -0.05) is 6.07 Å². The van der Waals surface area contributed by atoms with Gasteiger partial charge in [0.25, 0.3) is 5.91 Å². The highest BCUT2D eigenvalue weighted by Crippen LogP contribution is 2.30. The molecule has 0 atom stereocenters. The highest BCUT2D eigenvalue weighted by Gasteiger charge is 2.12. The molecule has 5 heteroatoms. The van der Waals surface area contributed by atoms with Gasteiger partial charge in [-0.3, -0.25) is 4.79 Å². The molecule has 2 aromatic rings. The zero-order valence-corrected chi connectivity index (χ0v) is 11.0. The molecule has 0 saturated heterocycles. The van der Waals surface area contributed by atoms with Gasteiger partial charge < -0.3 is 14.8 Å². The number of hydrogen-bond acceptors (Lipinski definition) is 4. The summed E-state index contributed by atoms with van der Waals surface area (Å²) in [6.45, 7) is 1.63. The molecule has 0 saturated carbocycles. The first-order valence-corrected chi connectivity index (χ1v) is 6.96. The molecular formula is C14H13NO3S. The van der Waals surface area contributed by atoms with Gasteiger partial charge in [0.2, 0.25) is 0 Å². The van der Waals surface area contributed by atoms with Crippen LogP contribution >= 0.6 is 11.3 Å². The molecule has 3 rings (SSSR count). The average molecular weight is 275 g/mol. The molecule has 0 aliphatic carbocycles. The second-order valence-corrected chi connectivity index (χ2v) is 4.95. The minimum Gasteiger partial charge on any atom is -0.486 e. The van der Waals surface area contributed by atoms with Crippen LogP contribution in [0.15, 0.2) is 35.0 Å². The van der Waals surface area contributed by atoms with Crippen LogP contribution in [0.4, 0.5) is 0 Å². The Morgan fingerprint density at radius 3 is 2.84 bits per heavy atom. The van der Waals surface area contributed by atoms with Gasteiger partial charge in [0.15, 0.2) is 11.5 Å². The lowest BCUT2D eigenvalue weighted by Crippen LogP contribution is -2.22. The first-order valence-electron chi connectivity index (χ1n) is 6.02. The lowest BCUT2D eigenvalue weighted by molar-refractivity contribution is 0.0951. The molecule has 4 nitrogen and oxygen atoms in total. The fourth-order valence-electron chi connectivity index (χ4n) is 1.88. The van der Waals surface area contributed by atoms with Crippen molar-refractivity contribution in [2.24, 2.45) is 0 Å². The van der Waals surface area contributed by atoms with Crippen molar-refractivity contribution in [2.75, 3.05) is 13.2 Å². The second kappa shape index (κ2) is 5.32. The predicted octanol–water partition coefficient (Wildman–Crippen LogP) is 2.45. The average Bonchev–Trinajstić information content (AvgIpc) is 2.99. The van der Waals surface area contributed by atoms with Crippen LogP contribution < -0.4 is 14.8 Å². The van der Waals surface area contributed by atoms with E-state index in [0.717, 1.165) is 17.1 Å². The topological polar surface area (TPSA) is 47.6 Å². The van der Waals surface area contributed by atoms with E-state index in [1.165, 1.54) is 11.3 Å². The second-order valence-electron chi connectivity index (χ2n) is 4.17. The molecule has 1 amide bonds. The van der Waals surface area contributed by atoms with Gasteiger partial charge in [0.1, 0.15) is 13.2 Å². The number of fused-ring (bicyclic) bond motifs is 1. The van der Waals surface area contributed by atoms with Crippen LogP contribution in [0.2, 0.25) is 0 Å². The Morgan fingerprint density at radius 1 is 1.21 bits per heavy atom. The van der Waals surface area contributed by atoms with Crippen molar-refractivity contribution in [2.45, 2.75) is 6.54 Å². The third-order valence-corrected chi connectivity index (χ3v) is 3.53. The van der Waals surface area contributed by atoms with Crippen LogP contribution in [0.5, 0.6) is 11.5 Å². The number of rotatable bonds is 3. The summed E-state index contributed by atoms with van der Waals surface area (Å²) in [5.74, 6) is 1.45. The molecule has 1 N–H and O–H groups in total. The van der Waals surface area contributed by atoms with Gasteiger partial charge in [0.05, 0.1) is 0 Å². The Hall–Kier alpha value is -2.01. The van der Waals surface area contributed by atoms with Crippen LogP contribution in [-0.2, 0) is 6.54 Å². The first-order chi connectivity index (χ1) is 9.33. The largest absolute Gasteiger partial charge is 0.486 e. The zero-order valence-electron chi connectivity index (χ0n) is 10.2. The van der Waals surface area contributed by atoms with Crippen LogP contribution in [0.3, 0.4) is 0 Å². The van der Waals surface area contributed by atoms with Crippen molar-refractivity contribution >= 4 is 17.2 Å².